The second-order valence-electron chi connectivity index (χ2n) is 12.7. The molecule has 0 N–H and O–H groups in total. The molecule has 1 unspecified atom stereocenters. The van der Waals surface area contributed by atoms with E-state index in [1.165, 1.54) is 82.6 Å². The molecule has 37 heavy (non-hydrogen) atoms. The summed E-state index contributed by atoms with van der Waals surface area (Å²) in [4.78, 5) is 4.65. The summed E-state index contributed by atoms with van der Waals surface area (Å²) in [6.45, 7) is 7.03. The topological polar surface area (TPSA) is 21.6 Å². The number of nitrogens with zero attached hydrogens (tertiary/aromatic N) is 1. The number of halogens is 1. The number of rotatable bonds is 9. The van der Waals surface area contributed by atoms with Gasteiger partial charge in [-0.05, 0) is 98.9 Å². The third-order valence-corrected chi connectivity index (χ3v) is 9.31. The van der Waals surface area contributed by atoms with Crippen LogP contribution in [0.2, 0.25) is 0 Å². The zero-order valence-electron chi connectivity index (χ0n) is 23.3. The predicted molar refractivity (Wildman–Crippen MR) is 153 cm³/mol. The summed E-state index contributed by atoms with van der Waals surface area (Å²) in [5.41, 5.74) is 3.56. The number of benzene rings is 2. The van der Waals surface area contributed by atoms with Gasteiger partial charge in [0.2, 0.25) is 5.90 Å². The molecule has 2 aliphatic carbocycles. The fourth-order valence-electron chi connectivity index (χ4n) is 7.13. The van der Waals surface area contributed by atoms with Crippen LogP contribution in [0.1, 0.15) is 115 Å². The lowest BCUT2D eigenvalue weighted by Gasteiger charge is -2.42. The Balaban J connectivity index is 1.17. The normalized spacial score (nSPS) is 26.9. The van der Waals surface area contributed by atoms with Gasteiger partial charge in [-0.3, -0.25) is 0 Å². The molecule has 2 aromatic carbocycles. The van der Waals surface area contributed by atoms with Crippen LogP contribution >= 0.6 is 0 Å². The minimum atomic E-state index is -0.178. The standard InChI is InChI=1S/C34H46FNO/c1-4-5-6-7-8-9-24-10-11-28-21-29(17-16-27(28)20-24)30-18-19-31(32(35)22-30)25-12-14-26(15-13-25)33-36-34(2,3)23-37-33/h12-15,18-19,22,24,27-29H,4-11,16-17,20-21,23H2,1-3H3/t24?,27-,28-,29-/m1/s1. The molecule has 0 radical (unpaired) electrons. The number of unbranched alkanes of at least 4 members (excludes halogenated alkanes) is 4. The minimum Gasteiger partial charge on any atom is -0.475 e. The van der Waals surface area contributed by atoms with Crippen molar-refractivity contribution in [1.82, 2.24) is 0 Å². The van der Waals surface area contributed by atoms with Crippen molar-refractivity contribution < 1.29 is 9.13 Å². The Morgan fingerprint density at radius 3 is 2.32 bits per heavy atom. The van der Waals surface area contributed by atoms with Crippen molar-refractivity contribution in [3.05, 3.63) is 59.4 Å². The van der Waals surface area contributed by atoms with Crippen molar-refractivity contribution in [2.24, 2.45) is 22.7 Å². The zero-order chi connectivity index (χ0) is 25.8. The molecule has 2 fully saturated rings. The summed E-state index contributed by atoms with van der Waals surface area (Å²) >= 11 is 0. The summed E-state index contributed by atoms with van der Waals surface area (Å²) in [6, 6.07) is 14.0. The number of ether oxygens (including phenoxy) is 1. The van der Waals surface area contributed by atoms with Gasteiger partial charge in [-0.2, -0.15) is 0 Å². The van der Waals surface area contributed by atoms with Gasteiger partial charge in [0.25, 0.3) is 0 Å². The molecule has 5 rings (SSSR count). The molecule has 1 heterocycles. The van der Waals surface area contributed by atoms with Gasteiger partial charge in [0.15, 0.2) is 0 Å². The van der Waals surface area contributed by atoms with E-state index in [-0.39, 0.29) is 11.4 Å². The van der Waals surface area contributed by atoms with Crippen molar-refractivity contribution >= 4 is 5.90 Å². The fraction of sp³-hybridized carbons (Fsp3) is 0.618. The molecule has 0 aromatic heterocycles. The lowest BCUT2D eigenvalue weighted by atomic mass is 9.63. The van der Waals surface area contributed by atoms with Crippen LogP contribution < -0.4 is 0 Å². The maximum atomic E-state index is 15.3. The van der Waals surface area contributed by atoms with Crippen LogP contribution in [0, 0.1) is 23.6 Å². The Hall–Kier alpha value is -2.16. The van der Waals surface area contributed by atoms with E-state index in [9.17, 15) is 0 Å². The molecule has 0 spiro atoms. The quantitative estimate of drug-likeness (QED) is 0.312. The van der Waals surface area contributed by atoms with Crippen LogP contribution in [-0.2, 0) is 4.74 Å². The van der Waals surface area contributed by atoms with E-state index in [0.717, 1.165) is 28.9 Å². The largest absolute Gasteiger partial charge is 0.475 e. The molecule has 200 valence electrons. The van der Waals surface area contributed by atoms with Gasteiger partial charge in [0, 0.05) is 11.1 Å². The van der Waals surface area contributed by atoms with Gasteiger partial charge < -0.3 is 4.74 Å². The summed E-state index contributed by atoms with van der Waals surface area (Å²) in [6.07, 6.45) is 16.5. The minimum absolute atomic E-state index is 0.102. The first-order valence-electron chi connectivity index (χ1n) is 15.0. The van der Waals surface area contributed by atoms with Gasteiger partial charge >= 0.3 is 0 Å². The van der Waals surface area contributed by atoms with Crippen LogP contribution in [0.3, 0.4) is 0 Å². The van der Waals surface area contributed by atoms with Crippen molar-refractivity contribution in [3.63, 3.8) is 0 Å². The van der Waals surface area contributed by atoms with Crippen molar-refractivity contribution in [1.29, 1.82) is 0 Å². The van der Waals surface area contributed by atoms with Crippen LogP contribution in [0.4, 0.5) is 4.39 Å². The van der Waals surface area contributed by atoms with Crippen LogP contribution in [-0.4, -0.2) is 18.0 Å². The highest BCUT2D eigenvalue weighted by molar-refractivity contribution is 5.95. The van der Waals surface area contributed by atoms with Crippen LogP contribution in [0.25, 0.3) is 11.1 Å². The molecule has 2 saturated carbocycles. The van der Waals surface area contributed by atoms with E-state index >= 15 is 4.39 Å². The molecular weight excluding hydrogens is 457 g/mol. The van der Waals surface area contributed by atoms with E-state index in [2.05, 4.69) is 31.8 Å². The first-order chi connectivity index (χ1) is 17.9. The summed E-state index contributed by atoms with van der Waals surface area (Å²) in [7, 11) is 0. The lowest BCUT2D eigenvalue weighted by molar-refractivity contribution is 0.113. The Morgan fingerprint density at radius 1 is 0.865 bits per heavy atom. The average Bonchev–Trinajstić information content (AvgIpc) is 3.28. The first kappa shape index (κ1) is 26.4. The fourth-order valence-corrected chi connectivity index (χ4v) is 7.13. The van der Waals surface area contributed by atoms with Gasteiger partial charge in [0.1, 0.15) is 12.4 Å². The lowest BCUT2D eigenvalue weighted by Crippen LogP contribution is -2.30. The van der Waals surface area contributed by atoms with Crippen LogP contribution in [0.5, 0.6) is 0 Å². The smallest absolute Gasteiger partial charge is 0.216 e. The molecule has 3 heteroatoms. The van der Waals surface area contributed by atoms with Crippen molar-refractivity contribution in [2.45, 2.75) is 109 Å². The van der Waals surface area contributed by atoms with E-state index in [0.29, 0.717) is 24.0 Å². The Morgan fingerprint density at radius 2 is 1.59 bits per heavy atom. The van der Waals surface area contributed by atoms with Crippen molar-refractivity contribution in [3.8, 4) is 11.1 Å². The molecule has 0 saturated heterocycles. The molecule has 3 aliphatic rings. The van der Waals surface area contributed by atoms with Crippen LogP contribution in [0.15, 0.2) is 47.5 Å². The number of fused-ring (bicyclic) bond motifs is 1. The Labute approximate surface area is 224 Å². The molecule has 0 bridgehead atoms. The van der Waals surface area contributed by atoms with Gasteiger partial charge in [-0.1, -0.05) is 76.1 Å². The zero-order valence-corrected chi connectivity index (χ0v) is 23.3. The number of hydrogen-bond acceptors (Lipinski definition) is 2. The second-order valence-corrected chi connectivity index (χ2v) is 12.7. The highest BCUT2D eigenvalue weighted by Crippen LogP contribution is 2.48. The molecule has 1 aliphatic heterocycles. The molecule has 4 atom stereocenters. The maximum Gasteiger partial charge on any atom is 0.216 e. The summed E-state index contributed by atoms with van der Waals surface area (Å²) in [5, 5.41) is 0. The highest BCUT2D eigenvalue weighted by Gasteiger charge is 2.36. The monoisotopic (exact) mass is 503 g/mol. The van der Waals surface area contributed by atoms with E-state index in [1.807, 2.05) is 36.4 Å². The van der Waals surface area contributed by atoms with Crippen molar-refractivity contribution in [2.75, 3.05) is 6.61 Å². The van der Waals surface area contributed by atoms with E-state index in [1.54, 1.807) is 0 Å². The molecule has 0 amide bonds. The first-order valence-corrected chi connectivity index (χ1v) is 15.0. The predicted octanol–water partition coefficient (Wildman–Crippen LogP) is 9.71. The average molecular weight is 504 g/mol. The maximum absolute atomic E-state index is 15.3. The molecular formula is C34H46FNO. The van der Waals surface area contributed by atoms with E-state index < -0.39 is 0 Å². The second kappa shape index (κ2) is 11.7. The Kier molecular flexibility index (Phi) is 8.37. The number of hydrogen-bond donors (Lipinski definition) is 0. The van der Waals surface area contributed by atoms with Gasteiger partial charge in [-0.15, -0.1) is 0 Å². The van der Waals surface area contributed by atoms with E-state index in [4.69, 9.17) is 4.74 Å². The number of aliphatic imine (C=N–C) groups is 1. The summed E-state index contributed by atoms with van der Waals surface area (Å²) in [5.74, 6) is 3.81. The molecule has 2 aromatic rings. The summed E-state index contributed by atoms with van der Waals surface area (Å²) < 4.78 is 21.1. The highest BCUT2D eigenvalue weighted by atomic mass is 19.1. The molecule has 2 nitrogen and oxygen atoms in total. The Bertz CT molecular complexity index is 1070. The van der Waals surface area contributed by atoms with Gasteiger partial charge in [-0.25, -0.2) is 9.38 Å². The van der Waals surface area contributed by atoms with Gasteiger partial charge in [0.05, 0.1) is 5.54 Å². The third-order valence-electron chi connectivity index (χ3n) is 9.31. The SMILES string of the molecule is CCCCCCCC1CC[C@@H]2C[C@H](c3ccc(-c4ccc(C5=NC(C)(C)CO5)cc4)c(F)c3)CC[C@@H]2C1. The third kappa shape index (κ3) is 6.47.